The number of rotatable bonds is 4. The lowest BCUT2D eigenvalue weighted by Crippen LogP contribution is -1.91. The fraction of sp³-hybridized carbons (Fsp3) is 0.400. The van der Waals surface area contributed by atoms with E-state index >= 15 is 0 Å². The molecule has 0 spiro atoms. The first-order valence-corrected chi connectivity index (χ1v) is 4.24. The second kappa shape index (κ2) is 4.78. The van der Waals surface area contributed by atoms with Crippen molar-refractivity contribution in [3.63, 3.8) is 0 Å². The molecule has 2 heteroatoms. The van der Waals surface area contributed by atoms with E-state index in [1.54, 1.807) is 0 Å². The molecule has 12 heavy (non-hydrogen) atoms. The van der Waals surface area contributed by atoms with Gasteiger partial charge in [0.2, 0.25) is 0 Å². The molecule has 0 amide bonds. The summed E-state index contributed by atoms with van der Waals surface area (Å²) in [5, 5.41) is 11.7. The van der Waals surface area contributed by atoms with E-state index in [9.17, 15) is 0 Å². The first kappa shape index (κ1) is 9.07. The van der Waals surface area contributed by atoms with Gasteiger partial charge in [-0.15, -0.1) is 0 Å². The molecule has 1 aromatic carbocycles. The summed E-state index contributed by atoms with van der Waals surface area (Å²) in [6.45, 7) is 0.272. The number of anilines is 1. The molecule has 0 aliphatic carbocycles. The van der Waals surface area contributed by atoms with Gasteiger partial charge in [0.1, 0.15) is 0 Å². The highest BCUT2D eigenvalue weighted by molar-refractivity contribution is 5.43. The van der Waals surface area contributed by atoms with Crippen LogP contribution >= 0.6 is 0 Å². The fourth-order valence-electron chi connectivity index (χ4n) is 1.12. The van der Waals surface area contributed by atoms with E-state index < -0.39 is 0 Å². The van der Waals surface area contributed by atoms with Crippen molar-refractivity contribution in [2.75, 3.05) is 19.0 Å². The average molecular weight is 165 g/mol. The average Bonchev–Trinajstić information content (AvgIpc) is 2.15. The summed E-state index contributed by atoms with van der Waals surface area (Å²) in [5.74, 6) is 0. The van der Waals surface area contributed by atoms with Crippen molar-refractivity contribution in [3.8, 4) is 0 Å². The molecule has 0 aliphatic rings. The van der Waals surface area contributed by atoms with Crippen LogP contribution in [-0.2, 0) is 6.42 Å². The highest BCUT2D eigenvalue weighted by Crippen LogP contribution is 2.09. The second-order valence-electron chi connectivity index (χ2n) is 2.77. The summed E-state index contributed by atoms with van der Waals surface area (Å²) in [4.78, 5) is 0. The molecule has 0 saturated heterocycles. The molecule has 0 unspecified atom stereocenters. The van der Waals surface area contributed by atoms with E-state index in [4.69, 9.17) is 5.11 Å². The van der Waals surface area contributed by atoms with Gasteiger partial charge in [0.25, 0.3) is 0 Å². The van der Waals surface area contributed by atoms with Crippen LogP contribution in [0.25, 0.3) is 0 Å². The Morgan fingerprint density at radius 2 is 1.92 bits per heavy atom. The number of aliphatic hydroxyl groups is 1. The quantitative estimate of drug-likeness (QED) is 0.711. The molecule has 0 bridgehead atoms. The van der Waals surface area contributed by atoms with Crippen LogP contribution in [0.2, 0.25) is 0 Å². The van der Waals surface area contributed by atoms with Gasteiger partial charge in [-0.3, -0.25) is 0 Å². The predicted molar refractivity (Wildman–Crippen MR) is 51.4 cm³/mol. The van der Waals surface area contributed by atoms with Crippen LogP contribution in [0.1, 0.15) is 12.0 Å². The van der Waals surface area contributed by atoms with E-state index in [2.05, 4.69) is 17.4 Å². The predicted octanol–water partition coefficient (Wildman–Crippen LogP) is 1.65. The molecule has 0 aromatic heterocycles. The van der Waals surface area contributed by atoms with Gasteiger partial charge in [-0.25, -0.2) is 0 Å². The third-order valence-corrected chi connectivity index (χ3v) is 1.87. The molecule has 66 valence electrons. The van der Waals surface area contributed by atoms with Crippen molar-refractivity contribution >= 4 is 5.69 Å². The van der Waals surface area contributed by atoms with Crippen LogP contribution in [0.3, 0.4) is 0 Å². The summed E-state index contributed by atoms with van der Waals surface area (Å²) >= 11 is 0. The Balaban J connectivity index is 2.53. The molecular weight excluding hydrogens is 150 g/mol. The fourth-order valence-corrected chi connectivity index (χ4v) is 1.12. The first-order valence-electron chi connectivity index (χ1n) is 4.24. The molecule has 1 rings (SSSR count). The summed E-state index contributed by atoms with van der Waals surface area (Å²) in [7, 11) is 1.91. The molecule has 0 heterocycles. The Morgan fingerprint density at radius 1 is 1.25 bits per heavy atom. The van der Waals surface area contributed by atoms with Gasteiger partial charge in [0.15, 0.2) is 0 Å². The summed E-state index contributed by atoms with van der Waals surface area (Å²) < 4.78 is 0. The molecule has 2 N–H and O–H groups in total. The number of hydrogen-bond acceptors (Lipinski definition) is 2. The minimum Gasteiger partial charge on any atom is -0.396 e. The van der Waals surface area contributed by atoms with Crippen molar-refractivity contribution in [1.29, 1.82) is 0 Å². The number of nitrogens with one attached hydrogen (secondary N) is 1. The van der Waals surface area contributed by atoms with Gasteiger partial charge in [0.05, 0.1) is 0 Å². The van der Waals surface area contributed by atoms with E-state index in [-0.39, 0.29) is 6.61 Å². The Morgan fingerprint density at radius 3 is 2.42 bits per heavy atom. The first-order chi connectivity index (χ1) is 5.86. The number of hydrogen-bond donors (Lipinski definition) is 2. The summed E-state index contributed by atoms with van der Waals surface area (Å²) in [5.41, 5.74) is 2.41. The highest BCUT2D eigenvalue weighted by Gasteiger charge is 1.92. The zero-order valence-electron chi connectivity index (χ0n) is 7.38. The number of aryl methyl sites for hydroxylation is 1. The molecular formula is C10H15NO. The van der Waals surface area contributed by atoms with Gasteiger partial charge in [-0.05, 0) is 30.5 Å². The van der Waals surface area contributed by atoms with Crippen molar-refractivity contribution in [2.45, 2.75) is 12.8 Å². The molecule has 0 saturated carbocycles. The van der Waals surface area contributed by atoms with Crippen molar-refractivity contribution < 1.29 is 5.11 Å². The lowest BCUT2D eigenvalue weighted by Gasteiger charge is -2.02. The van der Waals surface area contributed by atoms with Crippen LogP contribution in [0.5, 0.6) is 0 Å². The smallest absolute Gasteiger partial charge is 0.0434 e. The minimum absolute atomic E-state index is 0.272. The maximum Gasteiger partial charge on any atom is 0.0434 e. The Kier molecular flexibility index (Phi) is 3.61. The number of aliphatic hydroxyl groups excluding tert-OH is 1. The Hall–Kier alpha value is -1.02. The molecule has 2 nitrogen and oxygen atoms in total. The van der Waals surface area contributed by atoms with E-state index in [1.165, 1.54) is 5.56 Å². The van der Waals surface area contributed by atoms with Crippen molar-refractivity contribution in [2.24, 2.45) is 0 Å². The van der Waals surface area contributed by atoms with Crippen LogP contribution in [0, 0.1) is 0 Å². The minimum atomic E-state index is 0.272. The largest absolute Gasteiger partial charge is 0.396 e. The SMILES string of the molecule is CNc1ccc(CCCO)cc1. The molecule has 0 fully saturated rings. The lowest BCUT2D eigenvalue weighted by molar-refractivity contribution is 0.288. The van der Waals surface area contributed by atoms with E-state index in [0.29, 0.717) is 0 Å². The zero-order valence-corrected chi connectivity index (χ0v) is 7.38. The van der Waals surface area contributed by atoms with Crippen LogP contribution < -0.4 is 5.32 Å². The summed E-state index contributed by atoms with van der Waals surface area (Å²) in [6, 6.07) is 8.27. The molecule has 0 atom stereocenters. The van der Waals surface area contributed by atoms with Crippen LogP contribution in [-0.4, -0.2) is 18.8 Å². The van der Waals surface area contributed by atoms with Crippen molar-refractivity contribution in [1.82, 2.24) is 0 Å². The van der Waals surface area contributed by atoms with Gasteiger partial charge >= 0.3 is 0 Å². The van der Waals surface area contributed by atoms with Crippen molar-refractivity contribution in [3.05, 3.63) is 29.8 Å². The van der Waals surface area contributed by atoms with E-state index in [0.717, 1.165) is 18.5 Å². The second-order valence-corrected chi connectivity index (χ2v) is 2.77. The maximum absolute atomic E-state index is 8.62. The normalized spacial score (nSPS) is 9.83. The van der Waals surface area contributed by atoms with Crippen LogP contribution in [0.4, 0.5) is 5.69 Å². The Bertz CT molecular complexity index is 218. The van der Waals surface area contributed by atoms with Gasteiger partial charge < -0.3 is 10.4 Å². The third kappa shape index (κ3) is 2.55. The zero-order chi connectivity index (χ0) is 8.81. The van der Waals surface area contributed by atoms with Gasteiger partial charge in [-0.1, -0.05) is 12.1 Å². The lowest BCUT2D eigenvalue weighted by atomic mass is 10.1. The third-order valence-electron chi connectivity index (χ3n) is 1.87. The monoisotopic (exact) mass is 165 g/mol. The van der Waals surface area contributed by atoms with Crippen LogP contribution in [0.15, 0.2) is 24.3 Å². The maximum atomic E-state index is 8.62. The number of benzene rings is 1. The molecule has 0 aliphatic heterocycles. The highest BCUT2D eigenvalue weighted by atomic mass is 16.2. The standard InChI is InChI=1S/C10H15NO/c1-11-10-6-4-9(5-7-10)3-2-8-12/h4-7,11-12H,2-3,8H2,1H3. The molecule has 0 radical (unpaired) electrons. The van der Waals surface area contributed by atoms with E-state index in [1.807, 2.05) is 19.2 Å². The van der Waals surface area contributed by atoms with Gasteiger partial charge in [-0.2, -0.15) is 0 Å². The van der Waals surface area contributed by atoms with Gasteiger partial charge in [0, 0.05) is 19.3 Å². The summed E-state index contributed by atoms with van der Waals surface area (Å²) in [6.07, 6.45) is 1.80. The topological polar surface area (TPSA) is 32.3 Å². The molecule has 1 aromatic rings. The Labute approximate surface area is 73.2 Å².